The van der Waals surface area contributed by atoms with Gasteiger partial charge in [-0.05, 0) is 30.2 Å². The summed E-state index contributed by atoms with van der Waals surface area (Å²) in [5.41, 5.74) is 4.64. The van der Waals surface area contributed by atoms with E-state index >= 15 is 0 Å². The van der Waals surface area contributed by atoms with Crippen LogP contribution >= 0.6 is 46.3 Å². The van der Waals surface area contributed by atoms with Crippen molar-refractivity contribution in [3.8, 4) is 22.5 Å². The number of hydrogen-bond donors (Lipinski definition) is 0. The third-order valence-electron chi connectivity index (χ3n) is 4.47. The van der Waals surface area contributed by atoms with Gasteiger partial charge in [-0.2, -0.15) is 0 Å². The van der Waals surface area contributed by atoms with E-state index in [1.807, 2.05) is 31.3 Å². The largest absolute Gasteiger partial charge is 0.305 e. The molecular weight excluding hydrogens is 429 g/mol. The van der Waals surface area contributed by atoms with Crippen molar-refractivity contribution < 1.29 is 0 Å². The van der Waals surface area contributed by atoms with Gasteiger partial charge < -0.3 is 4.57 Å². The molecule has 0 aliphatic rings. The molecule has 2 heterocycles. The number of aromatic nitrogens is 3. The molecule has 2 aromatic carbocycles. The first-order valence-electron chi connectivity index (χ1n) is 8.64. The molecule has 0 bridgehead atoms. The second-order valence-corrected chi connectivity index (χ2v) is 9.19. The average molecular weight is 446 g/mol. The molecule has 0 aliphatic carbocycles. The minimum absolute atomic E-state index is 0.567. The summed E-state index contributed by atoms with van der Waals surface area (Å²) in [5.74, 6) is 1.62. The van der Waals surface area contributed by atoms with Crippen LogP contribution in [0.25, 0.3) is 22.5 Å². The molecule has 0 radical (unpaired) electrons. The maximum Gasteiger partial charge on any atom is 0.191 e. The fourth-order valence-electron chi connectivity index (χ4n) is 3.04. The lowest BCUT2D eigenvalue weighted by atomic mass is 10.0. The van der Waals surface area contributed by atoms with Crippen LogP contribution in [0.2, 0.25) is 10.0 Å². The van der Waals surface area contributed by atoms with Crippen LogP contribution in [-0.4, -0.2) is 14.8 Å². The van der Waals surface area contributed by atoms with Crippen LogP contribution in [0.3, 0.4) is 0 Å². The molecular formula is C21H17Cl2N3S2. The van der Waals surface area contributed by atoms with Crippen LogP contribution in [0.15, 0.2) is 59.1 Å². The summed E-state index contributed by atoms with van der Waals surface area (Å²) >= 11 is 15.5. The van der Waals surface area contributed by atoms with Gasteiger partial charge in [0, 0.05) is 34.2 Å². The number of rotatable bonds is 5. The van der Waals surface area contributed by atoms with Gasteiger partial charge in [0.1, 0.15) is 0 Å². The molecule has 0 saturated heterocycles. The molecule has 28 heavy (non-hydrogen) atoms. The van der Waals surface area contributed by atoms with Crippen molar-refractivity contribution in [2.24, 2.45) is 7.05 Å². The van der Waals surface area contributed by atoms with Crippen LogP contribution in [0.1, 0.15) is 10.4 Å². The molecule has 7 heteroatoms. The average Bonchev–Trinajstić information content (AvgIpc) is 3.25. The van der Waals surface area contributed by atoms with E-state index in [-0.39, 0.29) is 0 Å². The number of nitrogens with zero attached hydrogens (tertiary/aromatic N) is 3. The van der Waals surface area contributed by atoms with Crippen LogP contribution in [0.4, 0.5) is 0 Å². The van der Waals surface area contributed by atoms with Crippen LogP contribution in [-0.2, 0) is 12.8 Å². The molecule has 0 saturated carbocycles. The zero-order valence-electron chi connectivity index (χ0n) is 15.3. The Morgan fingerprint density at radius 3 is 2.57 bits per heavy atom. The van der Waals surface area contributed by atoms with E-state index in [0.29, 0.717) is 10.0 Å². The Balaban J connectivity index is 1.62. The molecule has 0 N–H and O–H groups in total. The molecule has 0 atom stereocenters. The zero-order chi connectivity index (χ0) is 19.7. The molecule has 3 nitrogen and oxygen atoms in total. The van der Waals surface area contributed by atoms with Crippen molar-refractivity contribution >= 4 is 46.3 Å². The topological polar surface area (TPSA) is 30.7 Å². The summed E-state index contributed by atoms with van der Waals surface area (Å²) in [6.45, 7) is 2.15. The van der Waals surface area contributed by atoms with Crippen molar-refractivity contribution in [2.75, 3.05) is 0 Å². The molecule has 4 rings (SSSR count). The SMILES string of the molecule is Cc1scc(-c2nnc(SCc3ccc(Cl)c(Cl)c3)n2C)c1-c1ccccc1. The van der Waals surface area contributed by atoms with E-state index < -0.39 is 0 Å². The quantitative estimate of drug-likeness (QED) is 0.306. The Hall–Kier alpha value is -1.79. The van der Waals surface area contributed by atoms with Crippen LogP contribution in [0.5, 0.6) is 0 Å². The Morgan fingerprint density at radius 2 is 1.82 bits per heavy atom. The lowest BCUT2D eigenvalue weighted by molar-refractivity contribution is 0.794. The lowest BCUT2D eigenvalue weighted by Crippen LogP contribution is -1.95. The Bertz CT molecular complexity index is 1120. The smallest absolute Gasteiger partial charge is 0.191 e. The maximum atomic E-state index is 6.12. The number of aryl methyl sites for hydroxylation is 1. The summed E-state index contributed by atoms with van der Waals surface area (Å²) in [4.78, 5) is 1.27. The van der Waals surface area contributed by atoms with E-state index in [1.54, 1.807) is 23.1 Å². The standard InChI is InChI=1S/C21H17Cl2N3S2/c1-13-19(15-6-4-3-5-7-15)16(12-27-13)20-24-25-21(26(20)2)28-11-14-8-9-17(22)18(23)10-14/h3-10,12H,11H2,1-2H3. The number of thiophene rings is 1. The highest BCUT2D eigenvalue weighted by Gasteiger charge is 2.18. The van der Waals surface area contributed by atoms with Gasteiger partial charge in [-0.1, -0.05) is 71.4 Å². The molecule has 0 fully saturated rings. The van der Waals surface area contributed by atoms with Crippen LogP contribution in [0, 0.1) is 6.92 Å². The van der Waals surface area contributed by atoms with E-state index in [4.69, 9.17) is 23.2 Å². The minimum Gasteiger partial charge on any atom is -0.305 e. The number of halogens is 2. The molecule has 0 spiro atoms. The van der Waals surface area contributed by atoms with Crippen LogP contribution < -0.4 is 0 Å². The highest BCUT2D eigenvalue weighted by atomic mass is 35.5. The predicted molar refractivity (Wildman–Crippen MR) is 121 cm³/mol. The summed E-state index contributed by atoms with van der Waals surface area (Å²) in [6, 6.07) is 16.1. The number of thioether (sulfide) groups is 1. The van der Waals surface area contributed by atoms with E-state index in [0.717, 1.165) is 27.9 Å². The fraction of sp³-hybridized carbons (Fsp3) is 0.143. The van der Waals surface area contributed by atoms with Crippen molar-refractivity contribution in [3.05, 3.63) is 74.4 Å². The van der Waals surface area contributed by atoms with Gasteiger partial charge in [-0.3, -0.25) is 0 Å². The molecule has 0 aliphatic heterocycles. The second-order valence-electron chi connectivity index (χ2n) is 6.35. The first-order chi connectivity index (χ1) is 13.5. The maximum absolute atomic E-state index is 6.12. The van der Waals surface area contributed by atoms with Gasteiger partial charge in [0.25, 0.3) is 0 Å². The molecule has 0 amide bonds. The molecule has 142 valence electrons. The van der Waals surface area contributed by atoms with Gasteiger partial charge >= 0.3 is 0 Å². The molecule has 0 unspecified atom stereocenters. The van der Waals surface area contributed by atoms with Gasteiger partial charge in [0.05, 0.1) is 10.0 Å². The van der Waals surface area contributed by atoms with Gasteiger partial charge in [-0.15, -0.1) is 21.5 Å². The predicted octanol–water partition coefficient (Wildman–Crippen LogP) is 7.12. The molecule has 2 aromatic heterocycles. The monoisotopic (exact) mass is 445 g/mol. The zero-order valence-corrected chi connectivity index (χ0v) is 18.5. The van der Waals surface area contributed by atoms with Gasteiger partial charge in [0.15, 0.2) is 11.0 Å². The molecule has 4 aromatic rings. The minimum atomic E-state index is 0.567. The Kier molecular flexibility index (Phi) is 5.78. The first kappa shape index (κ1) is 19.5. The second kappa shape index (κ2) is 8.29. The van der Waals surface area contributed by atoms with E-state index in [1.165, 1.54) is 16.0 Å². The highest BCUT2D eigenvalue weighted by molar-refractivity contribution is 7.98. The van der Waals surface area contributed by atoms with Crippen molar-refractivity contribution in [1.29, 1.82) is 0 Å². The summed E-state index contributed by atoms with van der Waals surface area (Å²) in [7, 11) is 2.01. The van der Waals surface area contributed by atoms with Crippen molar-refractivity contribution in [1.82, 2.24) is 14.8 Å². The fourth-order valence-corrected chi connectivity index (χ4v) is 5.07. The third kappa shape index (κ3) is 3.85. The third-order valence-corrected chi connectivity index (χ3v) is 7.21. The van der Waals surface area contributed by atoms with Crippen molar-refractivity contribution in [2.45, 2.75) is 17.8 Å². The van der Waals surface area contributed by atoms with E-state index in [9.17, 15) is 0 Å². The first-order valence-corrected chi connectivity index (χ1v) is 11.3. The number of benzene rings is 2. The van der Waals surface area contributed by atoms with Gasteiger partial charge in [-0.25, -0.2) is 0 Å². The van der Waals surface area contributed by atoms with E-state index in [2.05, 4.69) is 51.3 Å². The van der Waals surface area contributed by atoms with Gasteiger partial charge in [0.2, 0.25) is 0 Å². The van der Waals surface area contributed by atoms with Crippen molar-refractivity contribution in [3.63, 3.8) is 0 Å². The normalized spacial score (nSPS) is 11.1. The highest BCUT2D eigenvalue weighted by Crippen LogP contribution is 2.39. The summed E-state index contributed by atoms with van der Waals surface area (Å²) < 4.78 is 2.05. The Labute approximate surface area is 182 Å². The summed E-state index contributed by atoms with van der Waals surface area (Å²) in [6.07, 6.45) is 0. The number of hydrogen-bond acceptors (Lipinski definition) is 4. The Morgan fingerprint density at radius 1 is 1.04 bits per heavy atom. The lowest BCUT2D eigenvalue weighted by Gasteiger charge is -2.07. The summed E-state index contributed by atoms with van der Waals surface area (Å²) in [5, 5.41) is 13.1.